The van der Waals surface area contributed by atoms with Gasteiger partial charge >= 0.3 is 11.9 Å². The van der Waals surface area contributed by atoms with Crippen LogP contribution in [0.3, 0.4) is 0 Å². The van der Waals surface area contributed by atoms with Crippen LogP contribution in [-0.4, -0.2) is 80.1 Å². The average molecular weight is 520 g/mol. The fourth-order valence-corrected chi connectivity index (χ4v) is 4.39. The highest BCUT2D eigenvalue weighted by Crippen LogP contribution is 2.41. The molecule has 0 saturated carbocycles. The summed E-state index contributed by atoms with van der Waals surface area (Å²) in [5.74, 6) is -3.46. The highest BCUT2D eigenvalue weighted by Gasteiger charge is 2.55. The second kappa shape index (κ2) is 9.81. The number of oxime groups is 1. The third-order valence-electron chi connectivity index (χ3n) is 4.08. The van der Waals surface area contributed by atoms with Crippen LogP contribution in [0.5, 0.6) is 0 Å². The number of ketones is 1. The molecule has 11 nitrogen and oxygen atoms in total. The maximum atomic E-state index is 12.8. The molecule has 0 unspecified atom stereocenters. The minimum absolute atomic E-state index is 0.0389. The van der Waals surface area contributed by atoms with Crippen LogP contribution >= 0.6 is 27.7 Å². The van der Waals surface area contributed by atoms with Crippen molar-refractivity contribution in [2.45, 2.75) is 44.7 Å². The van der Waals surface area contributed by atoms with Gasteiger partial charge in [-0.3, -0.25) is 24.1 Å². The lowest BCUT2D eigenvalue weighted by molar-refractivity contribution is -0.159. The Bertz CT molecular complexity index is 880. The summed E-state index contributed by atoms with van der Waals surface area (Å²) in [4.78, 5) is 61.9. The van der Waals surface area contributed by atoms with Gasteiger partial charge in [-0.1, -0.05) is 21.1 Å². The quantitative estimate of drug-likeness (QED) is 0.0921. The molecule has 0 aromatic rings. The summed E-state index contributed by atoms with van der Waals surface area (Å²) in [5, 5.41) is 13.1. The summed E-state index contributed by atoms with van der Waals surface area (Å²) in [5.41, 5.74) is -1.22. The highest BCUT2D eigenvalue weighted by atomic mass is 79.9. The predicted octanol–water partition coefficient (Wildman–Crippen LogP) is 0.339. The molecular weight excluding hydrogens is 498 g/mol. The van der Waals surface area contributed by atoms with Crippen molar-refractivity contribution in [1.29, 1.82) is 0 Å². The Balaban J connectivity index is 2.27. The maximum Gasteiger partial charge on any atom is 0.355 e. The van der Waals surface area contributed by atoms with E-state index in [0.717, 1.165) is 0 Å². The Morgan fingerprint density at radius 3 is 2.48 bits per heavy atom. The number of rotatable bonds is 7. The number of β-lactam (4-membered cyclic amide) rings is 1. The maximum absolute atomic E-state index is 12.8. The summed E-state index contributed by atoms with van der Waals surface area (Å²) in [6, 6.07) is -1.05. The van der Waals surface area contributed by atoms with Crippen LogP contribution in [0.4, 0.5) is 0 Å². The molecule has 2 rings (SSSR count). The van der Waals surface area contributed by atoms with Gasteiger partial charge in [0.1, 0.15) is 29.3 Å². The lowest BCUT2D eigenvalue weighted by Crippen LogP contribution is -2.71. The van der Waals surface area contributed by atoms with Gasteiger partial charge < -0.3 is 20.0 Å². The summed E-state index contributed by atoms with van der Waals surface area (Å²) in [6.07, 6.45) is 0. The van der Waals surface area contributed by atoms with Crippen molar-refractivity contribution in [3.8, 4) is 0 Å². The Morgan fingerprint density at radius 2 is 1.97 bits per heavy atom. The molecule has 2 N–H and O–H groups in total. The zero-order chi connectivity index (χ0) is 23.5. The third-order valence-corrected chi connectivity index (χ3v) is 5.93. The number of nitrogens with zero attached hydrogens (tertiary/aromatic N) is 2. The van der Waals surface area contributed by atoms with Crippen molar-refractivity contribution in [3.63, 3.8) is 0 Å². The van der Waals surface area contributed by atoms with Crippen molar-refractivity contribution >= 4 is 62.9 Å². The van der Waals surface area contributed by atoms with Gasteiger partial charge in [0, 0.05) is 18.2 Å². The monoisotopic (exact) mass is 519 g/mol. The minimum Gasteiger partial charge on any atom is -0.461 e. The van der Waals surface area contributed by atoms with E-state index in [1.807, 2.05) is 0 Å². The average Bonchev–Trinajstić information content (AvgIpc) is 2.68. The normalized spacial score (nSPS) is 21.1. The van der Waals surface area contributed by atoms with E-state index in [9.17, 15) is 24.0 Å². The van der Waals surface area contributed by atoms with Crippen LogP contribution in [0, 0.1) is 0 Å². The number of nitrogens with one attached hydrogen (secondary N) is 1. The van der Waals surface area contributed by atoms with Gasteiger partial charge in [-0.05, 0) is 20.8 Å². The lowest BCUT2D eigenvalue weighted by Gasteiger charge is -2.49. The molecule has 0 aromatic carbocycles. The van der Waals surface area contributed by atoms with Crippen molar-refractivity contribution in [2.24, 2.45) is 5.16 Å². The Kier molecular flexibility index (Phi) is 7.87. The number of Topliss-reactive ketones (excluding diaryl/α,β-unsaturated/α-hetero) is 1. The number of thioether (sulfide) groups is 1. The van der Waals surface area contributed by atoms with Crippen LogP contribution in [0.25, 0.3) is 0 Å². The third kappa shape index (κ3) is 5.64. The molecule has 1 fully saturated rings. The summed E-state index contributed by atoms with van der Waals surface area (Å²) >= 11 is 4.11. The zero-order valence-electron chi connectivity index (χ0n) is 17.3. The van der Waals surface area contributed by atoms with Crippen molar-refractivity contribution in [2.75, 3.05) is 17.7 Å². The van der Waals surface area contributed by atoms with E-state index in [4.69, 9.17) is 14.7 Å². The number of amides is 2. The standard InChI is InChI=1S/C18H22BrN3O8S/c1-8(23)29-6-9-7-31-16-12(20-14(25)11(21-28)10(24)5-19)15(26)22(16)13(9)17(27)30-18(2,3)4/h12,16,28H,5-7H2,1-4H3,(H,20,25)/t12-,16+/m0/s1. The van der Waals surface area contributed by atoms with E-state index in [1.54, 1.807) is 20.8 Å². The number of fused-ring (bicyclic) bond motifs is 1. The number of hydrogen-bond acceptors (Lipinski definition) is 10. The molecule has 0 aromatic heterocycles. The number of alkyl halides is 1. The molecule has 170 valence electrons. The Hall–Kier alpha value is -2.41. The zero-order valence-corrected chi connectivity index (χ0v) is 19.7. The number of carbonyl (C=O) groups is 5. The first-order valence-corrected chi connectivity index (χ1v) is 11.2. The Morgan fingerprint density at radius 1 is 1.32 bits per heavy atom. The molecule has 1 saturated heterocycles. The van der Waals surface area contributed by atoms with Gasteiger partial charge in [0.2, 0.25) is 11.5 Å². The summed E-state index contributed by atoms with van der Waals surface area (Å²) < 4.78 is 10.4. The number of ether oxygens (including phenoxy) is 2. The largest absolute Gasteiger partial charge is 0.461 e. The smallest absolute Gasteiger partial charge is 0.355 e. The molecule has 2 heterocycles. The van der Waals surface area contributed by atoms with E-state index in [-0.39, 0.29) is 23.4 Å². The molecule has 2 aliphatic heterocycles. The van der Waals surface area contributed by atoms with Crippen LogP contribution in [0.2, 0.25) is 0 Å². The molecule has 0 aliphatic carbocycles. The first kappa shape index (κ1) is 24.9. The van der Waals surface area contributed by atoms with Gasteiger partial charge in [-0.25, -0.2) is 4.79 Å². The molecule has 0 radical (unpaired) electrons. The van der Waals surface area contributed by atoms with Crippen LogP contribution in [0.1, 0.15) is 27.7 Å². The predicted molar refractivity (Wildman–Crippen MR) is 113 cm³/mol. The van der Waals surface area contributed by atoms with E-state index < -0.39 is 52.3 Å². The molecule has 13 heteroatoms. The van der Waals surface area contributed by atoms with Gasteiger partial charge in [0.15, 0.2) is 0 Å². The summed E-state index contributed by atoms with van der Waals surface area (Å²) in [6.45, 7) is 6.05. The number of esters is 2. The fraction of sp³-hybridized carbons (Fsp3) is 0.556. The van der Waals surface area contributed by atoms with E-state index in [1.165, 1.54) is 23.6 Å². The number of hydrogen-bond donors (Lipinski definition) is 2. The molecule has 0 bridgehead atoms. The second-order valence-corrected chi connectivity index (χ2v) is 9.27. The first-order chi connectivity index (χ1) is 14.4. The molecular formula is C18H22BrN3O8S. The Labute approximate surface area is 190 Å². The highest BCUT2D eigenvalue weighted by molar-refractivity contribution is 9.09. The molecule has 2 aliphatic rings. The van der Waals surface area contributed by atoms with Crippen LogP contribution in [-0.2, 0) is 33.4 Å². The van der Waals surface area contributed by atoms with E-state index in [0.29, 0.717) is 5.57 Å². The van der Waals surface area contributed by atoms with Crippen LogP contribution in [0.15, 0.2) is 16.4 Å². The van der Waals surface area contributed by atoms with E-state index >= 15 is 0 Å². The number of halogens is 1. The van der Waals surface area contributed by atoms with Gasteiger partial charge in [-0.2, -0.15) is 0 Å². The van der Waals surface area contributed by atoms with Crippen LogP contribution < -0.4 is 5.32 Å². The van der Waals surface area contributed by atoms with E-state index in [2.05, 4.69) is 26.4 Å². The second-order valence-electron chi connectivity index (χ2n) is 7.60. The van der Waals surface area contributed by atoms with Gasteiger partial charge in [0.05, 0.1) is 5.33 Å². The summed E-state index contributed by atoms with van der Waals surface area (Å²) in [7, 11) is 0. The number of carbonyl (C=O) groups excluding carboxylic acids is 5. The first-order valence-electron chi connectivity index (χ1n) is 9.06. The molecule has 31 heavy (non-hydrogen) atoms. The topological polar surface area (TPSA) is 152 Å². The van der Waals surface area contributed by atoms with Crippen molar-refractivity contribution in [1.82, 2.24) is 10.2 Å². The van der Waals surface area contributed by atoms with Crippen molar-refractivity contribution < 1.29 is 38.7 Å². The SMILES string of the molecule is CC(=O)OCC1=C(C(=O)OC(C)(C)C)N2C(=O)[C@H](NC(=O)C(=NO)C(=O)CBr)[C@H]2SC1. The van der Waals surface area contributed by atoms with Gasteiger partial charge in [0.25, 0.3) is 11.8 Å². The lowest BCUT2D eigenvalue weighted by atomic mass is 10.0. The molecule has 0 spiro atoms. The molecule has 2 atom stereocenters. The minimum atomic E-state index is -1.05. The van der Waals surface area contributed by atoms with Gasteiger partial charge in [-0.15, -0.1) is 11.8 Å². The van der Waals surface area contributed by atoms with Crippen molar-refractivity contribution in [3.05, 3.63) is 11.3 Å². The molecule has 2 amide bonds. The fourth-order valence-electron chi connectivity index (χ4n) is 2.80.